The minimum atomic E-state index is -1.25. The summed E-state index contributed by atoms with van der Waals surface area (Å²) in [5.41, 5.74) is 0.619. The third kappa shape index (κ3) is 1.48. The molecule has 4 aliphatic rings. The largest absolute Gasteiger partial charge is 0.379 e. The maximum atomic E-state index is 13.4. The van der Waals surface area contributed by atoms with Crippen LogP contribution in [0.3, 0.4) is 0 Å². The zero-order valence-corrected chi connectivity index (χ0v) is 15.6. The standard InChI is InChI=1S/C21H29N2O2/c1-4-19-10-7-12-23(3)13-11-20(17(19)23)15-8-5-6-9-16(15)22(2)18(24)21(20,25)14-19/h5-6,8-9,17,25H,4,7,10-14H2,1-3H3/q+1/t17-,19-,20+,21-,23+/m0/s1. The number of quaternary nitrogens is 1. The van der Waals surface area contributed by atoms with E-state index in [1.165, 1.54) is 18.5 Å². The van der Waals surface area contributed by atoms with Gasteiger partial charge in [-0.25, -0.2) is 0 Å². The van der Waals surface area contributed by atoms with Crippen LogP contribution in [0.5, 0.6) is 0 Å². The van der Waals surface area contributed by atoms with Crippen molar-refractivity contribution in [2.24, 2.45) is 5.41 Å². The first-order valence-corrected chi connectivity index (χ1v) is 9.79. The molecule has 134 valence electrons. The Morgan fingerprint density at radius 2 is 2.04 bits per heavy atom. The van der Waals surface area contributed by atoms with E-state index in [0.717, 1.165) is 36.0 Å². The highest BCUT2D eigenvalue weighted by Gasteiger charge is 2.82. The third-order valence-electron chi connectivity index (χ3n) is 8.49. The maximum Gasteiger partial charge on any atom is 0.259 e. The minimum Gasteiger partial charge on any atom is -0.379 e. The number of carbonyl (C=O) groups excluding carboxylic acids is 1. The van der Waals surface area contributed by atoms with E-state index in [1.54, 1.807) is 4.90 Å². The van der Waals surface area contributed by atoms with E-state index in [4.69, 9.17) is 0 Å². The number of fused-ring (bicyclic) bond motifs is 1. The highest BCUT2D eigenvalue weighted by molar-refractivity contribution is 6.04. The van der Waals surface area contributed by atoms with E-state index >= 15 is 0 Å². The number of hydrogen-bond acceptors (Lipinski definition) is 2. The normalized spacial score (nSPS) is 47.4. The number of amides is 1. The summed E-state index contributed by atoms with van der Waals surface area (Å²) in [5, 5.41) is 12.0. The monoisotopic (exact) mass is 341 g/mol. The molecule has 1 saturated carbocycles. The number of carbonyl (C=O) groups is 1. The van der Waals surface area contributed by atoms with E-state index < -0.39 is 11.0 Å². The number of aliphatic hydroxyl groups is 1. The number of anilines is 1. The van der Waals surface area contributed by atoms with Gasteiger partial charge in [-0.2, -0.15) is 0 Å². The molecular formula is C21H29N2O2+. The molecule has 25 heavy (non-hydrogen) atoms. The average molecular weight is 341 g/mol. The van der Waals surface area contributed by atoms with Gasteiger partial charge in [-0.15, -0.1) is 0 Å². The Labute approximate surface area is 150 Å². The van der Waals surface area contributed by atoms with Crippen molar-refractivity contribution >= 4 is 11.6 Å². The summed E-state index contributed by atoms with van der Waals surface area (Å²) in [7, 11) is 4.20. The molecule has 4 nitrogen and oxygen atoms in total. The summed E-state index contributed by atoms with van der Waals surface area (Å²) in [6.45, 7) is 4.51. The van der Waals surface area contributed by atoms with Crippen LogP contribution in [-0.4, -0.2) is 54.3 Å². The molecule has 1 aromatic rings. The Bertz CT molecular complexity index is 779. The van der Waals surface area contributed by atoms with Gasteiger partial charge in [-0.1, -0.05) is 25.1 Å². The number of nitrogens with zero attached hydrogens (tertiary/aromatic N) is 2. The van der Waals surface area contributed by atoms with Crippen molar-refractivity contribution in [3.8, 4) is 0 Å². The van der Waals surface area contributed by atoms with Crippen LogP contribution in [0.25, 0.3) is 0 Å². The number of benzene rings is 1. The fourth-order valence-electron chi connectivity index (χ4n) is 7.67. The van der Waals surface area contributed by atoms with Crippen molar-refractivity contribution in [3.63, 3.8) is 0 Å². The number of hydrogen-bond donors (Lipinski definition) is 1. The fraction of sp³-hybridized carbons (Fsp3) is 0.667. The lowest BCUT2D eigenvalue weighted by molar-refractivity contribution is -0.935. The lowest BCUT2D eigenvalue weighted by Gasteiger charge is -2.52. The molecule has 0 bridgehead atoms. The number of likely N-dealkylation sites (N-methyl/N-ethyl adjacent to an activating group) is 2. The number of rotatable bonds is 1. The summed E-state index contributed by atoms with van der Waals surface area (Å²) in [6.07, 6.45) is 4.95. The molecule has 3 fully saturated rings. The van der Waals surface area contributed by atoms with Crippen molar-refractivity contribution < 1.29 is 14.4 Å². The van der Waals surface area contributed by atoms with Crippen LogP contribution in [0.4, 0.5) is 5.69 Å². The first-order valence-electron chi connectivity index (χ1n) is 9.79. The minimum absolute atomic E-state index is 0.0756. The molecule has 1 aromatic carbocycles. The van der Waals surface area contributed by atoms with E-state index in [1.807, 2.05) is 13.1 Å². The quantitative estimate of drug-likeness (QED) is 0.797. The lowest BCUT2D eigenvalue weighted by atomic mass is 9.61. The summed E-state index contributed by atoms with van der Waals surface area (Å²) >= 11 is 0. The van der Waals surface area contributed by atoms with Gasteiger partial charge in [-0.05, 0) is 37.3 Å². The molecule has 1 aliphatic carbocycles. The van der Waals surface area contributed by atoms with Crippen LogP contribution in [0.2, 0.25) is 0 Å². The van der Waals surface area contributed by atoms with Crippen LogP contribution < -0.4 is 4.90 Å². The van der Waals surface area contributed by atoms with Gasteiger partial charge >= 0.3 is 0 Å². The molecule has 1 spiro atoms. The second kappa shape index (κ2) is 4.47. The second-order valence-corrected chi connectivity index (χ2v) is 9.29. The molecule has 3 heterocycles. The van der Waals surface area contributed by atoms with Crippen molar-refractivity contribution in [1.82, 2.24) is 0 Å². The highest BCUT2D eigenvalue weighted by atomic mass is 16.3. The van der Waals surface area contributed by atoms with Crippen molar-refractivity contribution in [2.75, 3.05) is 32.1 Å². The second-order valence-electron chi connectivity index (χ2n) is 9.29. The Kier molecular flexibility index (Phi) is 2.83. The molecule has 2 saturated heterocycles. The van der Waals surface area contributed by atoms with E-state index in [9.17, 15) is 9.90 Å². The van der Waals surface area contributed by atoms with Gasteiger partial charge in [0.1, 0.15) is 6.04 Å². The van der Waals surface area contributed by atoms with Crippen LogP contribution in [-0.2, 0) is 10.2 Å². The Morgan fingerprint density at radius 3 is 2.80 bits per heavy atom. The highest BCUT2D eigenvalue weighted by Crippen LogP contribution is 2.70. The zero-order valence-electron chi connectivity index (χ0n) is 15.6. The number of para-hydroxylation sites is 1. The Morgan fingerprint density at radius 1 is 1.28 bits per heavy atom. The van der Waals surface area contributed by atoms with Gasteiger partial charge in [0.05, 0.1) is 25.6 Å². The third-order valence-corrected chi connectivity index (χ3v) is 8.49. The fourth-order valence-corrected chi connectivity index (χ4v) is 7.67. The van der Waals surface area contributed by atoms with Gasteiger partial charge in [-0.3, -0.25) is 4.79 Å². The molecule has 0 aromatic heterocycles. The maximum absolute atomic E-state index is 13.4. The summed E-state index contributed by atoms with van der Waals surface area (Å²) in [6, 6.07) is 8.67. The zero-order chi connectivity index (χ0) is 17.7. The molecule has 0 unspecified atom stereocenters. The molecular weight excluding hydrogens is 312 g/mol. The Balaban J connectivity index is 1.86. The molecule has 5 rings (SSSR count). The van der Waals surface area contributed by atoms with E-state index in [2.05, 4.69) is 32.2 Å². The predicted octanol–water partition coefficient (Wildman–Crippen LogP) is 2.44. The molecule has 1 N–H and O–H groups in total. The van der Waals surface area contributed by atoms with Gasteiger partial charge in [0.25, 0.3) is 5.91 Å². The molecule has 3 aliphatic heterocycles. The SMILES string of the molecule is CC[C@]12CCC[N@+]3(C)CC[C@@]4(c5ccccc5N(C)C(=O)[C@@]4(O)C1)[C@H]23. The first kappa shape index (κ1) is 15.8. The van der Waals surface area contributed by atoms with E-state index in [-0.39, 0.29) is 11.3 Å². The van der Waals surface area contributed by atoms with Crippen molar-refractivity contribution in [3.05, 3.63) is 29.8 Å². The van der Waals surface area contributed by atoms with Crippen molar-refractivity contribution in [2.45, 2.75) is 56.1 Å². The summed E-state index contributed by atoms with van der Waals surface area (Å²) < 4.78 is 1.03. The lowest BCUT2D eigenvalue weighted by Crippen LogP contribution is -2.67. The van der Waals surface area contributed by atoms with Crippen LogP contribution in [0.1, 0.15) is 44.6 Å². The molecule has 0 radical (unpaired) electrons. The van der Waals surface area contributed by atoms with Gasteiger partial charge in [0.2, 0.25) is 0 Å². The molecule has 5 atom stereocenters. The van der Waals surface area contributed by atoms with Crippen LogP contribution in [0.15, 0.2) is 24.3 Å². The smallest absolute Gasteiger partial charge is 0.259 e. The van der Waals surface area contributed by atoms with Gasteiger partial charge < -0.3 is 14.5 Å². The van der Waals surface area contributed by atoms with Gasteiger partial charge in [0.15, 0.2) is 5.60 Å². The number of piperidine rings is 1. The molecule has 4 heteroatoms. The van der Waals surface area contributed by atoms with Gasteiger partial charge in [0, 0.05) is 24.6 Å². The predicted molar refractivity (Wildman–Crippen MR) is 97.4 cm³/mol. The van der Waals surface area contributed by atoms with Crippen LogP contribution >= 0.6 is 0 Å². The average Bonchev–Trinajstić information content (AvgIpc) is 3.07. The van der Waals surface area contributed by atoms with Crippen LogP contribution in [0, 0.1) is 5.41 Å². The molecule has 1 amide bonds. The Hall–Kier alpha value is -1.39. The first-order chi connectivity index (χ1) is 11.8. The summed E-state index contributed by atoms with van der Waals surface area (Å²) in [4.78, 5) is 15.2. The summed E-state index contributed by atoms with van der Waals surface area (Å²) in [5.74, 6) is -0.0816. The van der Waals surface area contributed by atoms with E-state index in [0.29, 0.717) is 12.5 Å². The topological polar surface area (TPSA) is 40.5 Å². The van der Waals surface area contributed by atoms with Crippen molar-refractivity contribution in [1.29, 1.82) is 0 Å².